The standard InChI is InChI=1S/C19H25FINO6/c1-6-11(2)27-16(25)19(15(23)24,22-17(26)28-18(3,4)5)10-12-8-7-9-13(21)14(12)20/h7-9,11H,6,10H2,1-5H3,(H,22,26)(H,23,24). The predicted octanol–water partition coefficient (Wildman–Crippen LogP) is 3.66. The van der Waals surface area contributed by atoms with Crippen LogP contribution in [0.25, 0.3) is 0 Å². The average molecular weight is 509 g/mol. The van der Waals surface area contributed by atoms with Crippen LogP contribution in [0.3, 0.4) is 0 Å². The molecule has 2 atom stereocenters. The smallest absolute Gasteiger partial charge is 0.409 e. The van der Waals surface area contributed by atoms with E-state index in [0.29, 0.717) is 6.42 Å². The Hall–Kier alpha value is -1.91. The van der Waals surface area contributed by atoms with Gasteiger partial charge < -0.3 is 14.6 Å². The summed E-state index contributed by atoms with van der Waals surface area (Å²) in [6.45, 7) is 8.11. The van der Waals surface area contributed by atoms with E-state index in [1.807, 2.05) is 0 Å². The lowest BCUT2D eigenvalue weighted by Crippen LogP contribution is -2.63. The van der Waals surface area contributed by atoms with E-state index in [9.17, 15) is 23.9 Å². The van der Waals surface area contributed by atoms with Gasteiger partial charge in [0, 0.05) is 9.99 Å². The molecule has 0 aliphatic carbocycles. The molecule has 2 N–H and O–H groups in total. The third-order valence-electron chi connectivity index (χ3n) is 3.80. The van der Waals surface area contributed by atoms with Crippen LogP contribution in [0.5, 0.6) is 0 Å². The van der Waals surface area contributed by atoms with Gasteiger partial charge >= 0.3 is 18.0 Å². The average Bonchev–Trinajstić information content (AvgIpc) is 2.55. The molecule has 0 aliphatic rings. The van der Waals surface area contributed by atoms with Gasteiger partial charge in [-0.25, -0.2) is 18.8 Å². The molecule has 1 amide bonds. The topological polar surface area (TPSA) is 102 Å². The molecule has 1 rings (SSSR count). The Balaban J connectivity index is 3.39. The van der Waals surface area contributed by atoms with Crippen molar-refractivity contribution >= 4 is 40.6 Å². The molecule has 7 nitrogen and oxygen atoms in total. The minimum atomic E-state index is -2.54. The summed E-state index contributed by atoms with van der Waals surface area (Å²) in [6, 6.07) is 4.38. The van der Waals surface area contributed by atoms with E-state index in [4.69, 9.17) is 9.47 Å². The van der Waals surface area contributed by atoms with Crippen molar-refractivity contribution < 1.29 is 33.4 Å². The van der Waals surface area contributed by atoms with Crippen LogP contribution in [0.1, 0.15) is 46.6 Å². The van der Waals surface area contributed by atoms with Gasteiger partial charge in [-0.05, 0) is 68.3 Å². The van der Waals surface area contributed by atoms with E-state index in [2.05, 4.69) is 5.32 Å². The second-order valence-corrected chi connectivity index (χ2v) is 8.51. The highest BCUT2D eigenvalue weighted by atomic mass is 127. The number of carboxylic acids is 1. The molecule has 0 bridgehead atoms. The van der Waals surface area contributed by atoms with Crippen LogP contribution in [-0.4, -0.2) is 40.4 Å². The van der Waals surface area contributed by atoms with Gasteiger partial charge in [-0.15, -0.1) is 0 Å². The summed E-state index contributed by atoms with van der Waals surface area (Å²) in [5.41, 5.74) is -3.52. The van der Waals surface area contributed by atoms with Gasteiger partial charge in [0.15, 0.2) is 0 Å². The maximum Gasteiger partial charge on any atom is 0.409 e. The van der Waals surface area contributed by atoms with Crippen LogP contribution in [0.2, 0.25) is 0 Å². The van der Waals surface area contributed by atoms with Gasteiger partial charge in [0.05, 0.1) is 6.10 Å². The highest BCUT2D eigenvalue weighted by Gasteiger charge is 2.51. The van der Waals surface area contributed by atoms with Crippen molar-refractivity contribution in [1.29, 1.82) is 0 Å². The molecule has 0 saturated heterocycles. The largest absolute Gasteiger partial charge is 0.479 e. The lowest BCUT2D eigenvalue weighted by molar-refractivity contribution is -0.166. The first-order valence-corrected chi connectivity index (χ1v) is 9.78. The van der Waals surface area contributed by atoms with Crippen LogP contribution in [0.15, 0.2) is 18.2 Å². The van der Waals surface area contributed by atoms with E-state index in [1.54, 1.807) is 57.2 Å². The van der Waals surface area contributed by atoms with Crippen LogP contribution in [0.4, 0.5) is 9.18 Å². The quantitative estimate of drug-likeness (QED) is 0.331. The molecule has 0 saturated carbocycles. The number of esters is 1. The molecule has 0 spiro atoms. The van der Waals surface area contributed by atoms with Gasteiger partial charge in [-0.3, -0.25) is 5.32 Å². The van der Waals surface area contributed by atoms with Gasteiger partial charge in [-0.2, -0.15) is 0 Å². The fourth-order valence-corrected chi connectivity index (χ4v) is 2.75. The molecule has 9 heteroatoms. The number of nitrogens with one attached hydrogen (secondary N) is 1. The predicted molar refractivity (Wildman–Crippen MR) is 108 cm³/mol. The first-order valence-electron chi connectivity index (χ1n) is 8.71. The second kappa shape index (κ2) is 9.53. The van der Waals surface area contributed by atoms with Gasteiger partial charge in [0.1, 0.15) is 11.4 Å². The molecule has 0 aromatic heterocycles. The summed E-state index contributed by atoms with van der Waals surface area (Å²) in [4.78, 5) is 37.2. The van der Waals surface area contributed by atoms with Crippen molar-refractivity contribution in [3.63, 3.8) is 0 Å². The highest BCUT2D eigenvalue weighted by Crippen LogP contribution is 2.23. The molecule has 1 aromatic rings. The van der Waals surface area contributed by atoms with Crippen molar-refractivity contribution in [3.05, 3.63) is 33.1 Å². The van der Waals surface area contributed by atoms with E-state index in [0.717, 1.165) is 0 Å². The van der Waals surface area contributed by atoms with Gasteiger partial charge in [-0.1, -0.05) is 19.1 Å². The number of hydrogen-bond acceptors (Lipinski definition) is 5. The number of benzene rings is 1. The Morgan fingerprint density at radius 2 is 1.89 bits per heavy atom. The third-order valence-corrected chi connectivity index (χ3v) is 4.63. The summed E-state index contributed by atoms with van der Waals surface area (Å²) in [5, 5.41) is 12.0. The molecule has 2 unspecified atom stereocenters. The molecule has 1 aromatic carbocycles. The van der Waals surface area contributed by atoms with Crippen molar-refractivity contribution in [1.82, 2.24) is 5.32 Å². The normalized spacial score (nSPS) is 14.5. The Morgan fingerprint density at radius 1 is 1.29 bits per heavy atom. The number of amides is 1. The molecular formula is C19H25FINO6. The number of carbonyl (C=O) groups excluding carboxylic acids is 2. The number of halogens is 2. The maximum absolute atomic E-state index is 14.5. The molecule has 0 aliphatic heterocycles. The SMILES string of the molecule is CCC(C)OC(=O)C(Cc1cccc(I)c1F)(NC(=O)OC(C)(C)C)C(=O)O. The van der Waals surface area contributed by atoms with Crippen LogP contribution in [-0.2, 0) is 25.5 Å². The lowest BCUT2D eigenvalue weighted by atomic mass is 9.90. The molecule has 156 valence electrons. The van der Waals surface area contributed by atoms with Crippen molar-refractivity contribution in [2.75, 3.05) is 0 Å². The summed E-state index contributed by atoms with van der Waals surface area (Å²) >= 11 is 1.75. The van der Waals surface area contributed by atoms with E-state index in [-0.39, 0.29) is 9.13 Å². The fraction of sp³-hybridized carbons (Fsp3) is 0.526. The Bertz CT molecular complexity index is 748. The number of alkyl carbamates (subject to hydrolysis) is 1. The van der Waals surface area contributed by atoms with Crippen LogP contribution < -0.4 is 5.32 Å². The second-order valence-electron chi connectivity index (χ2n) is 7.35. The Morgan fingerprint density at radius 3 is 2.39 bits per heavy atom. The van der Waals surface area contributed by atoms with E-state index >= 15 is 0 Å². The summed E-state index contributed by atoms with van der Waals surface area (Å²) < 4.78 is 25.0. The maximum atomic E-state index is 14.5. The van der Waals surface area contributed by atoms with E-state index < -0.39 is 47.5 Å². The molecule has 28 heavy (non-hydrogen) atoms. The zero-order valence-corrected chi connectivity index (χ0v) is 18.6. The number of carbonyl (C=O) groups is 3. The highest BCUT2D eigenvalue weighted by molar-refractivity contribution is 14.1. The van der Waals surface area contributed by atoms with Crippen molar-refractivity contribution in [2.45, 2.75) is 64.7 Å². The van der Waals surface area contributed by atoms with Gasteiger partial charge in [0.2, 0.25) is 5.54 Å². The Kier molecular flexibility index (Phi) is 8.21. The van der Waals surface area contributed by atoms with Crippen molar-refractivity contribution in [3.8, 4) is 0 Å². The minimum absolute atomic E-state index is 0.0496. The monoisotopic (exact) mass is 509 g/mol. The number of carboxylic acid groups (broad SMARTS) is 1. The zero-order chi connectivity index (χ0) is 21.7. The third kappa shape index (κ3) is 6.32. The summed E-state index contributed by atoms with van der Waals surface area (Å²) in [7, 11) is 0. The lowest BCUT2D eigenvalue weighted by Gasteiger charge is -2.31. The minimum Gasteiger partial charge on any atom is -0.479 e. The molecule has 0 heterocycles. The van der Waals surface area contributed by atoms with Crippen molar-refractivity contribution in [2.24, 2.45) is 0 Å². The number of ether oxygens (including phenoxy) is 2. The van der Waals surface area contributed by atoms with E-state index in [1.165, 1.54) is 18.2 Å². The number of hydrogen-bond donors (Lipinski definition) is 2. The summed E-state index contributed by atoms with van der Waals surface area (Å²) in [6.07, 6.45) is -1.92. The van der Waals surface area contributed by atoms with Crippen LogP contribution >= 0.6 is 22.6 Å². The first-order chi connectivity index (χ1) is 12.8. The first kappa shape index (κ1) is 24.1. The molecule has 0 radical (unpaired) electrons. The Labute approximate surface area is 177 Å². The fourth-order valence-electron chi connectivity index (χ4n) is 2.20. The number of rotatable bonds is 7. The molecule has 0 fully saturated rings. The summed E-state index contributed by atoms with van der Waals surface area (Å²) in [5.74, 6) is -3.54. The number of aliphatic carboxylic acids is 1. The molecular weight excluding hydrogens is 484 g/mol. The van der Waals surface area contributed by atoms with Crippen LogP contribution in [0, 0.1) is 9.39 Å². The zero-order valence-electron chi connectivity index (χ0n) is 16.5. The van der Waals surface area contributed by atoms with Gasteiger partial charge in [0.25, 0.3) is 0 Å².